The molecule has 1 aromatic rings. The van der Waals surface area contributed by atoms with E-state index in [1.165, 1.54) is 11.1 Å². The standard InChI is InChI=1S/C14H22ClN/c1-4-11(5-2)14(16)9-12-7-6-10(3)8-13(12)15/h6-8,11,14H,4-5,9,16H2,1-3H3. The van der Waals surface area contributed by atoms with Gasteiger partial charge in [0.2, 0.25) is 0 Å². The molecule has 16 heavy (non-hydrogen) atoms. The normalized spacial score (nSPS) is 13.1. The molecule has 1 nitrogen and oxygen atoms in total. The van der Waals surface area contributed by atoms with Gasteiger partial charge in [0.25, 0.3) is 0 Å². The van der Waals surface area contributed by atoms with Gasteiger partial charge in [0.05, 0.1) is 0 Å². The van der Waals surface area contributed by atoms with Gasteiger partial charge in [-0.1, -0.05) is 50.4 Å². The minimum atomic E-state index is 0.218. The van der Waals surface area contributed by atoms with Gasteiger partial charge < -0.3 is 5.73 Å². The smallest absolute Gasteiger partial charge is 0.0441 e. The third-order valence-corrected chi connectivity index (χ3v) is 3.67. The van der Waals surface area contributed by atoms with Crippen LogP contribution in [0.4, 0.5) is 0 Å². The Hall–Kier alpha value is -0.530. The van der Waals surface area contributed by atoms with Crippen LogP contribution in [0.2, 0.25) is 5.02 Å². The van der Waals surface area contributed by atoms with Gasteiger partial charge in [-0.15, -0.1) is 0 Å². The van der Waals surface area contributed by atoms with Gasteiger partial charge in [0, 0.05) is 11.1 Å². The molecule has 1 unspecified atom stereocenters. The zero-order chi connectivity index (χ0) is 12.1. The molecule has 0 aromatic heterocycles. The number of rotatable bonds is 5. The van der Waals surface area contributed by atoms with Crippen molar-refractivity contribution in [1.82, 2.24) is 0 Å². The Kier molecular flexibility index (Phi) is 5.30. The zero-order valence-electron chi connectivity index (χ0n) is 10.5. The minimum absolute atomic E-state index is 0.218. The van der Waals surface area contributed by atoms with E-state index in [4.69, 9.17) is 17.3 Å². The number of hydrogen-bond acceptors (Lipinski definition) is 1. The summed E-state index contributed by atoms with van der Waals surface area (Å²) in [5.41, 5.74) is 8.59. The maximum absolute atomic E-state index is 6.22. The molecule has 0 aliphatic heterocycles. The number of nitrogens with two attached hydrogens (primary N) is 1. The summed E-state index contributed by atoms with van der Waals surface area (Å²) in [5.74, 6) is 0.595. The lowest BCUT2D eigenvalue weighted by atomic mass is 9.90. The second-order valence-electron chi connectivity index (χ2n) is 4.54. The van der Waals surface area contributed by atoms with E-state index in [-0.39, 0.29) is 6.04 Å². The molecule has 0 spiro atoms. The van der Waals surface area contributed by atoms with Gasteiger partial charge in [-0.3, -0.25) is 0 Å². The Balaban J connectivity index is 2.72. The van der Waals surface area contributed by atoms with Crippen LogP contribution in [-0.4, -0.2) is 6.04 Å². The molecule has 0 radical (unpaired) electrons. The molecule has 0 heterocycles. The molecule has 0 amide bonds. The largest absolute Gasteiger partial charge is 0.327 e. The lowest BCUT2D eigenvalue weighted by molar-refractivity contribution is 0.393. The Morgan fingerprint density at radius 3 is 2.38 bits per heavy atom. The molecule has 1 atom stereocenters. The van der Waals surface area contributed by atoms with E-state index in [2.05, 4.69) is 32.9 Å². The van der Waals surface area contributed by atoms with Crippen molar-refractivity contribution >= 4 is 11.6 Å². The predicted octanol–water partition coefficient (Wildman–Crippen LogP) is 3.95. The zero-order valence-corrected chi connectivity index (χ0v) is 11.2. The molecule has 0 aliphatic carbocycles. The van der Waals surface area contributed by atoms with Crippen LogP contribution in [0, 0.1) is 12.8 Å². The van der Waals surface area contributed by atoms with Crippen LogP contribution >= 0.6 is 11.6 Å². The van der Waals surface area contributed by atoms with Gasteiger partial charge in [0.15, 0.2) is 0 Å². The molecule has 0 saturated carbocycles. The Morgan fingerprint density at radius 2 is 1.88 bits per heavy atom. The molecule has 1 rings (SSSR count). The van der Waals surface area contributed by atoms with Crippen molar-refractivity contribution in [3.63, 3.8) is 0 Å². The third kappa shape index (κ3) is 3.50. The highest BCUT2D eigenvalue weighted by Crippen LogP contribution is 2.22. The van der Waals surface area contributed by atoms with E-state index >= 15 is 0 Å². The summed E-state index contributed by atoms with van der Waals surface area (Å²) in [6, 6.07) is 6.42. The molecule has 0 bridgehead atoms. The van der Waals surface area contributed by atoms with Crippen molar-refractivity contribution in [1.29, 1.82) is 0 Å². The fourth-order valence-corrected chi connectivity index (χ4v) is 2.44. The van der Waals surface area contributed by atoms with E-state index in [9.17, 15) is 0 Å². The van der Waals surface area contributed by atoms with Crippen LogP contribution in [0.1, 0.15) is 37.8 Å². The molecular formula is C14H22ClN. The first-order chi connectivity index (χ1) is 7.58. The average molecular weight is 240 g/mol. The molecule has 1 aromatic carbocycles. The molecule has 90 valence electrons. The first-order valence-electron chi connectivity index (χ1n) is 6.09. The third-order valence-electron chi connectivity index (χ3n) is 3.32. The van der Waals surface area contributed by atoms with Gasteiger partial charge in [0.1, 0.15) is 0 Å². The first-order valence-corrected chi connectivity index (χ1v) is 6.46. The van der Waals surface area contributed by atoms with Crippen molar-refractivity contribution in [3.8, 4) is 0 Å². The number of aryl methyl sites for hydroxylation is 1. The summed E-state index contributed by atoms with van der Waals surface area (Å²) in [6.45, 7) is 6.45. The number of hydrogen-bond donors (Lipinski definition) is 1. The molecule has 0 saturated heterocycles. The van der Waals surface area contributed by atoms with Crippen LogP contribution in [0.5, 0.6) is 0 Å². The van der Waals surface area contributed by atoms with Crippen molar-refractivity contribution in [2.45, 2.75) is 46.1 Å². The van der Waals surface area contributed by atoms with Gasteiger partial charge >= 0.3 is 0 Å². The van der Waals surface area contributed by atoms with Crippen LogP contribution in [0.25, 0.3) is 0 Å². The van der Waals surface area contributed by atoms with Crippen molar-refractivity contribution in [3.05, 3.63) is 34.3 Å². The maximum atomic E-state index is 6.22. The number of halogens is 1. The monoisotopic (exact) mass is 239 g/mol. The maximum Gasteiger partial charge on any atom is 0.0441 e. The fourth-order valence-electron chi connectivity index (χ4n) is 2.13. The first kappa shape index (κ1) is 13.5. The van der Waals surface area contributed by atoms with Gasteiger partial charge in [-0.2, -0.15) is 0 Å². The Morgan fingerprint density at radius 1 is 1.25 bits per heavy atom. The van der Waals surface area contributed by atoms with Crippen molar-refractivity contribution in [2.75, 3.05) is 0 Å². The van der Waals surface area contributed by atoms with E-state index < -0.39 is 0 Å². The quantitative estimate of drug-likeness (QED) is 0.827. The molecule has 0 fully saturated rings. The second-order valence-corrected chi connectivity index (χ2v) is 4.95. The van der Waals surface area contributed by atoms with E-state index in [0.29, 0.717) is 5.92 Å². The Bertz CT molecular complexity index is 332. The average Bonchev–Trinajstić information content (AvgIpc) is 2.24. The van der Waals surface area contributed by atoms with Crippen LogP contribution in [0.15, 0.2) is 18.2 Å². The summed E-state index contributed by atoms with van der Waals surface area (Å²) in [7, 11) is 0. The summed E-state index contributed by atoms with van der Waals surface area (Å²) >= 11 is 6.21. The van der Waals surface area contributed by atoms with Crippen LogP contribution < -0.4 is 5.73 Å². The summed E-state index contributed by atoms with van der Waals surface area (Å²) in [5, 5.41) is 0.849. The molecule has 2 N–H and O–H groups in total. The summed E-state index contributed by atoms with van der Waals surface area (Å²) in [6.07, 6.45) is 3.16. The highest BCUT2D eigenvalue weighted by Gasteiger charge is 2.15. The topological polar surface area (TPSA) is 26.0 Å². The van der Waals surface area contributed by atoms with Gasteiger partial charge in [-0.05, 0) is 36.5 Å². The summed E-state index contributed by atoms with van der Waals surface area (Å²) < 4.78 is 0. The lowest BCUT2D eigenvalue weighted by Crippen LogP contribution is -2.31. The Labute approximate surface area is 104 Å². The van der Waals surface area contributed by atoms with Crippen LogP contribution in [-0.2, 0) is 6.42 Å². The van der Waals surface area contributed by atoms with E-state index in [1.807, 2.05) is 6.07 Å². The minimum Gasteiger partial charge on any atom is -0.327 e. The fraction of sp³-hybridized carbons (Fsp3) is 0.571. The highest BCUT2D eigenvalue weighted by molar-refractivity contribution is 6.31. The van der Waals surface area contributed by atoms with E-state index in [0.717, 1.165) is 24.3 Å². The van der Waals surface area contributed by atoms with Crippen molar-refractivity contribution < 1.29 is 0 Å². The SMILES string of the molecule is CCC(CC)C(N)Cc1ccc(C)cc1Cl. The molecule has 0 aliphatic rings. The number of benzene rings is 1. The highest BCUT2D eigenvalue weighted by atomic mass is 35.5. The predicted molar refractivity (Wildman–Crippen MR) is 71.9 cm³/mol. The van der Waals surface area contributed by atoms with E-state index in [1.54, 1.807) is 0 Å². The molecule has 2 heteroatoms. The second kappa shape index (κ2) is 6.27. The lowest BCUT2D eigenvalue weighted by Gasteiger charge is -2.21. The van der Waals surface area contributed by atoms with Gasteiger partial charge in [-0.25, -0.2) is 0 Å². The van der Waals surface area contributed by atoms with Crippen molar-refractivity contribution in [2.24, 2.45) is 11.7 Å². The summed E-state index contributed by atoms with van der Waals surface area (Å²) in [4.78, 5) is 0. The molecular weight excluding hydrogens is 218 g/mol. The van der Waals surface area contributed by atoms with Crippen LogP contribution in [0.3, 0.4) is 0 Å².